The molecular weight excluding hydrogens is 410 g/mol. The summed E-state index contributed by atoms with van der Waals surface area (Å²) in [5.41, 5.74) is 0.625. The molecule has 1 aromatic carbocycles. The van der Waals surface area contributed by atoms with E-state index in [1.807, 2.05) is 35.7 Å². The molecule has 0 aliphatic carbocycles. The Bertz CT molecular complexity index is 1000. The number of amides is 2. The molecule has 0 bridgehead atoms. The Morgan fingerprint density at radius 1 is 1.21 bits per heavy atom. The number of nitrogens with zero attached hydrogens (tertiary/aromatic N) is 2. The SMILES string of the molecule is CN(CC1COc2ccccc2O1)C(=O)Cc1csc(NC(=O)c2cccs2)n1. The molecule has 1 unspecified atom stereocenters. The number of thiophene rings is 1. The molecular formula is C20H19N3O4S2. The van der Waals surface area contributed by atoms with Crippen LogP contribution in [0, 0.1) is 0 Å². The lowest BCUT2D eigenvalue weighted by atomic mass is 10.2. The van der Waals surface area contributed by atoms with Crippen LogP contribution in [0.15, 0.2) is 47.2 Å². The number of benzene rings is 1. The second-order valence-electron chi connectivity index (χ2n) is 6.52. The number of carbonyl (C=O) groups is 2. The van der Waals surface area contributed by atoms with Crippen molar-refractivity contribution >= 4 is 39.6 Å². The van der Waals surface area contributed by atoms with Crippen molar-refractivity contribution in [2.75, 3.05) is 25.5 Å². The highest BCUT2D eigenvalue weighted by molar-refractivity contribution is 7.14. The molecule has 1 atom stereocenters. The number of para-hydroxylation sites is 2. The number of hydrogen-bond donors (Lipinski definition) is 1. The van der Waals surface area contributed by atoms with Gasteiger partial charge in [0.05, 0.1) is 23.5 Å². The first kappa shape index (κ1) is 19.4. The maximum Gasteiger partial charge on any atom is 0.267 e. The highest BCUT2D eigenvalue weighted by Gasteiger charge is 2.24. The summed E-state index contributed by atoms with van der Waals surface area (Å²) in [5, 5.41) is 6.87. The van der Waals surface area contributed by atoms with Gasteiger partial charge in [0, 0.05) is 12.4 Å². The van der Waals surface area contributed by atoms with Gasteiger partial charge in [-0.2, -0.15) is 0 Å². The predicted molar refractivity (Wildman–Crippen MR) is 112 cm³/mol. The minimum Gasteiger partial charge on any atom is -0.486 e. The van der Waals surface area contributed by atoms with E-state index in [0.717, 1.165) is 5.75 Å². The first-order valence-corrected chi connectivity index (χ1v) is 10.8. The van der Waals surface area contributed by atoms with Gasteiger partial charge < -0.3 is 14.4 Å². The van der Waals surface area contributed by atoms with Gasteiger partial charge in [-0.1, -0.05) is 18.2 Å². The largest absolute Gasteiger partial charge is 0.486 e. The predicted octanol–water partition coefficient (Wildman–Crippen LogP) is 3.30. The third-order valence-corrected chi connectivity index (χ3v) is 6.00. The highest BCUT2D eigenvalue weighted by atomic mass is 32.1. The fourth-order valence-electron chi connectivity index (χ4n) is 2.86. The van der Waals surface area contributed by atoms with Gasteiger partial charge in [-0.25, -0.2) is 4.98 Å². The summed E-state index contributed by atoms with van der Waals surface area (Å²) in [6.07, 6.45) is -0.0682. The first-order chi connectivity index (χ1) is 14.1. The molecule has 2 aromatic heterocycles. The molecule has 4 rings (SSSR count). The van der Waals surface area contributed by atoms with E-state index in [1.165, 1.54) is 22.7 Å². The second-order valence-corrected chi connectivity index (χ2v) is 8.33. The zero-order chi connectivity index (χ0) is 20.2. The van der Waals surface area contributed by atoms with Crippen LogP contribution in [0.5, 0.6) is 11.5 Å². The molecule has 1 N–H and O–H groups in total. The average Bonchev–Trinajstić information content (AvgIpc) is 3.40. The van der Waals surface area contributed by atoms with Gasteiger partial charge in [0.25, 0.3) is 5.91 Å². The topological polar surface area (TPSA) is 80.8 Å². The Labute approximate surface area is 175 Å². The quantitative estimate of drug-likeness (QED) is 0.650. The number of fused-ring (bicyclic) bond motifs is 1. The van der Waals surface area contributed by atoms with Crippen molar-refractivity contribution in [2.24, 2.45) is 0 Å². The third-order valence-electron chi connectivity index (χ3n) is 4.32. The Hall–Kier alpha value is -2.91. The lowest BCUT2D eigenvalue weighted by molar-refractivity contribution is -0.130. The van der Waals surface area contributed by atoms with E-state index in [9.17, 15) is 9.59 Å². The molecule has 7 nitrogen and oxygen atoms in total. The molecule has 150 valence electrons. The van der Waals surface area contributed by atoms with Crippen LogP contribution < -0.4 is 14.8 Å². The summed E-state index contributed by atoms with van der Waals surface area (Å²) in [4.78, 5) is 31.2. The van der Waals surface area contributed by atoms with Crippen molar-refractivity contribution in [1.82, 2.24) is 9.88 Å². The summed E-state index contributed by atoms with van der Waals surface area (Å²) in [5.74, 6) is 1.14. The van der Waals surface area contributed by atoms with E-state index in [2.05, 4.69) is 10.3 Å². The smallest absolute Gasteiger partial charge is 0.267 e. The minimum atomic E-state index is -0.227. The van der Waals surface area contributed by atoms with Gasteiger partial charge >= 0.3 is 0 Å². The number of anilines is 1. The summed E-state index contributed by atoms with van der Waals surface area (Å²) in [6, 6.07) is 11.1. The van der Waals surface area contributed by atoms with Gasteiger partial charge in [-0.3, -0.25) is 14.9 Å². The van der Waals surface area contributed by atoms with Crippen LogP contribution in [0.3, 0.4) is 0 Å². The fraction of sp³-hybridized carbons (Fsp3) is 0.250. The number of carbonyl (C=O) groups excluding carboxylic acids is 2. The first-order valence-electron chi connectivity index (χ1n) is 9.00. The Balaban J connectivity index is 1.29. The van der Waals surface area contributed by atoms with Gasteiger partial charge in [-0.15, -0.1) is 22.7 Å². The van der Waals surface area contributed by atoms with Gasteiger partial charge in [0.15, 0.2) is 22.7 Å². The molecule has 0 saturated carbocycles. The van der Waals surface area contributed by atoms with Crippen LogP contribution in [0.4, 0.5) is 5.13 Å². The second kappa shape index (κ2) is 8.62. The third kappa shape index (κ3) is 4.75. The number of ether oxygens (including phenoxy) is 2. The van der Waals surface area contributed by atoms with Gasteiger partial charge in [-0.05, 0) is 23.6 Å². The van der Waals surface area contributed by atoms with Crippen molar-refractivity contribution in [2.45, 2.75) is 12.5 Å². The number of rotatable bonds is 6. The average molecular weight is 430 g/mol. The molecule has 3 heterocycles. The molecule has 3 aromatic rings. The number of likely N-dealkylation sites (N-methyl/N-ethyl adjacent to an activating group) is 1. The molecule has 0 radical (unpaired) electrons. The summed E-state index contributed by atoms with van der Waals surface area (Å²) < 4.78 is 11.6. The number of hydrogen-bond acceptors (Lipinski definition) is 7. The molecule has 29 heavy (non-hydrogen) atoms. The minimum absolute atomic E-state index is 0.0751. The number of aromatic nitrogens is 1. The van der Waals surface area contributed by atoms with Gasteiger partial charge in [0.2, 0.25) is 5.91 Å². The van der Waals surface area contributed by atoms with Crippen LogP contribution in [-0.2, 0) is 11.2 Å². The molecule has 1 aliphatic heterocycles. The molecule has 0 saturated heterocycles. The summed E-state index contributed by atoms with van der Waals surface area (Å²) in [6.45, 7) is 0.809. The van der Waals surface area contributed by atoms with Crippen LogP contribution in [0.1, 0.15) is 15.4 Å². The van der Waals surface area contributed by atoms with Crippen LogP contribution in [-0.4, -0.2) is 48.0 Å². The van der Waals surface area contributed by atoms with E-state index in [1.54, 1.807) is 23.4 Å². The van der Waals surface area contributed by atoms with E-state index in [4.69, 9.17) is 9.47 Å². The summed E-state index contributed by atoms with van der Waals surface area (Å²) >= 11 is 2.67. The maximum absolute atomic E-state index is 12.6. The van der Waals surface area contributed by atoms with Crippen LogP contribution in [0.2, 0.25) is 0 Å². The zero-order valence-electron chi connectivity index (χ0n) is 15.7. The normalized spacial score (nSPS) is 15.0. The van der Waals surface area contributed by atoms with Gasteiger partial charge in [0.1, 0.15) is 6.61 Å². The van der Waals surface area contributed by atoms with E-state index in [0.29, 0.717) is 34.6 Å². The molecule has 2 amide bonds. The van der Waals surface area contributed by atoms with Crippen LogP contribution >= 0.6 is 22.7 Å². The van der Waals surface area contributed by atoms with Crippen molar-refractivity contribution in [1.29, 1.82) is 0 Å². The lowest BCUT2D eigenvalue weighted by Crippen LogP contribution is -2.42. The fourth-order valence-corrected chi connectivity index (χ4v) is 4.19. The lowest BCUT2D eigenvalue weighted by Gasteiger charge is -2.29. The van der Waals surface area contributed by atoms with Crippen molar-refractivity contribution < 1.29 is 19.1 Å². The maximum atomic E-state index is 12.6. The van der Waals surface area contributed by atoms with Crippen molar-refractivity contribution in [3.63, 3.8) is 0 Å². The van der Waals surface area contributed by atoms with E-state index >= 15 is 0 Å². The molecule has 0 fully saturated rings. The summed E-state index contributed by atoms with van der Waals surface area (Å²) in [7, 11) is 1.73. The number of nitrogens with one attached hydrogen (secondary N) is 1. The van der Waals surface area contributed by atoms with E-state index < -0.39 is 0 Å². The molecule has 0 spiro atoms. The van der Waals surface area contributed by atoms with E-state index in [-0.39, 0.29) is 24.3 Å². The monoisotopic (exact) mass is 429 g/mol. The van der Waals surface area contributed by atoms with Crippen molar-refractivity contribution in [3.8, 4) is 11.5 Å². The van der Waals surface area contributed by atoms with Crippen molar-refractivity contribution in [3.05, 3.63) is 57.7 Å². The zero-order valence-corrected chi connectivity index (χ0v) is 17.3. The standard InChI is InChI=1S/C20H19N3O4S2/c1-23(10-14-11-26-15-5-2-3-6-16(15)27-14)18(24)9-13-12-29-20(21-13)22-19(25)17-7-4-8-28-17/h2-8,12,14H,9-11H2,1H3,(H,21,22,25). The van der Waals surface area contributed by atoms with Crippen LogP contribution in [0.25, 0.3) is 0 Å². The highest BCUT2D eigenvalue weighted by Crippen LogP contribution is 2.31. The molecule has 1 aliphatic rings. The number of thiazole rings is 1. The molecule has 9 heteroatoms. The Morgan fingerprint density at radius 2 is 2.03 bits per heavy atom. The Kier molecular flexibility index (Phi) is 5.77. The Morgan fingerprint density at radius 3 is 2.83 bits per heavy atom.